The van der Waals surface area contributed by atoms with Crippen molar-refractivity contribution in [2.45, 2.75) is 92.0 Å². The number of unbranched alkanes of at least 4 members (excludes halogenated alkanes) is 3. The van der Waals surface area contributed by atoms with Crippen LogP contribution in [0.3, 0.4) is 0 Å². The molecule has 0 radical (unpaired) electrons. The van der Waals surface area contributed by atoms with Crippen molar-refractivity contribution in [3.8, 4) is 0 Å². The average Bonchev–Trinajstić information content (AvgIpc) is 2.62. The standard InChI is InChI=1S/C20H41N3O.C2H6.2H2/c1-5-6-7-8-13-21-20(24)14-22-19-11-9-18(10-12-19)16-23(4)15-17(2)3;1-2;;/h17-19,22H,5-16H2,1-4H3,(H,21,24);1-2H3;2*1H. The first-order valence-electron chi connectivity index (χ1n) is 11.2. The van der Waals surface area contributed by atoms with Crippen LogP contribution < -0.4 is 10.6 Å². The Hall–Kier alpha value is -0.610. The van der Waals surface area contributed by atoms with Gasteiger partial charge in [0, 0.05) is 28.5 Å². The van der Waals surface area contributed by atoms with Gasteiger partial charge in [-0.15, -0.1) is 0 Å². The molecule has 26 heavy (non-hydrogen) atoms. The number of hydrogen-bond acceptors (Lipinski definition) is 3. The molecule has 4 heteroatoms. The van der Waals surface area contributed by atoms with Crippen molar-refractivity contribution in [3.05, 3.63) is 0 Å². The van der Waals surface area contributed by atoms with E-state index in [0.717, 1.165) is 24.8 Å². The molecule has 0 aromatic carbocycles. The first-order valence-corrected chi connectivity index (χ1v) is 11.2. The molecule has 1 fully saturated rings. The van der Waals surface area contributed by atoms with Crippen molar-refractivity contribution in [1.29, 1.82) is 0 Å². The summed E-state index contributed by atoms with van der Waals surface area (Å²) >= 11 is 0. The van der Waals surface area contributed by atoms with Crippen LogP contribution in [-0.2, 0) is 4.79 Å². The largest absolute Gasteiger partial charge is 0.355 e. The minimum atomic E-state index is 0. The van der Waals surface area contributed by atoms with Crippen molar-refractivity contribution in [2.24, 2.45) is 11.8 Å². The molecule has 0 atom stereocenters. The zero-order chi connectivity index (χ0) is 19.8. The van der Waals surface area contributed by atoms with Crippen molar-refractivity contribution in [3.63, 3.8) is 0 Å². The van der Waals surface area contributed by atoms with Crippen LogP contribution in [0.4, 0.5) is 0 Å². The maximum absolute atomic E-state index is 11.9. The third-order valence-electron chi connectivity index (χ3n) is 5.00. The van der Waals surface area contributed by atoms with E-state index < -0.39 is 0 Å². The SMILES string of the molecule is CC.CCCCCCNC(=O)CNC1CCC(CN(C)CC(C)C)CC1.[HH].[HH]. The first-order chi connectivity index (χ1) is 12.5. The number of hydrogen-bond donors (Lipinski definition) is 2. The number of nitrogens with zero attached hydrogens (tertiary/aromatic N) is 1. The lowest BCUT2D eigenvalue weighted by molar-refractivity contribution is -0.120. The fraction of sp³-hybridized carbons (Fsp3) is 0.955. The molecule has 2 N–H and O–H groups in total. The fourth-order valence-corrected chi connectivity index (χ4v) is 3.77. The van der Waals surface area contributed by atoms with Gasteiger partial charge in [-0.2, -0.15) is 0 Å². The molecule has 0 heterocycles. The maximum Gasteiger partial charge on any atom is 0.233 e. The quantitative estimate of drug-likeness (QED) is 0.476. The predicted molar refractivity (Wildman–Crippen MR) is 119 cm³/mol. The molecule has 1 rings (SSSR count). The van der Waals surface area contributed by atoms with E-state index in [0.29, 0.717) is 12.6 Å². The third-order valence-corrected chi connectivity index (χ3v) is 5.00. The Balaban J connectivity index is -0.00000151. The highest BCUT2D eigenvalue weighted by Crippen LogP contribution is 2.25. The van der Waals surface area contributed by atoms with Crippen LogP contribution in [0.15, 0.2) is 0 Å². The van der Waals surface area contributed by atoms with E-state index in [1.165, 1.54) is 58.0 Å². The van der Waals surface area contributed by atoms with Crippen LogP contribution in [0.1, 0.15) is 88.8 Å². The molecule has 0 spiro atoms. The predicted octanol–water partition coefficient (Wildman–Crippen LogP) is 4.94. The summed E-state index contributed by atoms with van der Waals surface area (Å²) in [6.07, 6.45) is 9.84. The summed E-state index contributed by atoms with van der Waals surface area (Å²) in [6, 6.07) is 0.530. The number of amides is 1. The van der Waals surface area contributed by atoms with Gasteiger partial charge in [0.05, 0.1) is 6.54 Å². The number of nitrogens with one attached hydrogen (secondary N) is 2. The smallest absolute Gasteiger partial charge is 0.233 e. The van der Waals surface area contributed by atoms with Crippen molar-refractivity contribution in [2.75, 3.05) is 33.2 Å². The van der Waals surface area contributed by atoms with Gasteiger partial charge in [0.25, 0.3) is 0 Å². The van der Waals surface area contributed by atoms with E-state index in [9.17, 15) is 4.79 Å². The molecule has 1 amide bonds. The number of carbonyl (C=O) groups is 1. The van der Waals surface area contributed by atoms with Gasteiger partial charge >= 0.3 is 0 Å². The van der Waals surface area contributed by atoms with Gasteiger partial charge in [0.2, 0.25) is 5.91 Å². The van der Waals surface area contributed by atoms with Gasteiger partial charge in [0.1, 0.15) is 0 Å². The second kappa shape index (κ2) is 16.6. The summed E-state index contributed by atoms with van der Waals surface area (Å²) in [6.45, 7) is 14.5. The lowest BCUT2D eigenvalue weighted by atomic mass is 9.85. The van der Waals surface area contributed by atoms with E-state index in [4.69, 9.17) is 0 Å². The molecule has 1 saturated carbocycles. The lowest BCUT2D eigenvalue weighted by Crippen LogP contribution is -2.42. The van der Waals surface area contributed by atoms with Gasteiger partial charge in [0.15, 0.2) is 0 Å². The topological polar surface area (TPSA) is 44.4 Å². The van der Waals surface area contributed by atoms with E-state index in [1.54, 1.807) is 0 Å². The molecular weight excluding hydrogens is 322 g/mol. The zero-order valence-corrected chi connectivity index (χ0v) is 18.6. The van der Waals surface area contributed by atoms with Crippen LogP contribution in [0.25, 0.3) is 0 Å². The van der Waals surface area contributed by atoms with Crippen LogP contribution in [-0.4, -0.2) is 50.1 Å². The lowest BCUT2D eigenvalue weighted by Gasteiger charge is -2.32. The Bertz CT molecular complexity index is 336. The summed E-state index contributed by atoms with van der Waals surface area (Å²) in [7, 11) is 2.25. The monoisotopic (exact) mass is 373 g/mol. The summed E-state index contributed by atoms with van der Waals surface area (Å²) in [4.78, 5) is 14.3. The highest BCUT2D eigenvalue weighted by molar-refractivity contribution is 5.77. The van der Waals surface area contributed by atoms with Gasteiger partial charge in [-0.1, -0.05) is 53.9 Å². The third kappa shape index (κ3) is 13.6. The van der Waals surface area contributed by atoms with E-state index in [-0.39, 0.29) is 8.76 Å². The summed E-state index contributed by atoms with van der Waals surface area (Å²) < 4.78 is 0. The van der Waals surface area contributed by atoms with Crippen molar-refractivity contribution >= 4 is 5.91 Å². The van der Waals surface area contributed by atoms with E-state index in [1.807, 2.05) is 13.8 Å². The van der Waals surface area contributed by atoms with Gasteiger partial charge < -0.3 is 15.5 Å². The molecule has 0 aliphatic heterocycles. The Kier molecular flexibility index (Phi) is 16.2. The molecule has 1 aliphatic rings. The van der Waals surface area contributed by atoms with Crippen LogP contribution >= 0.6 is 0 Å². The Morgan fingerprint density at radius 2 is 1.77 bits per heavy atom. The van der Waals surface area contributed by atoms with E-state index in [2.05, 4.69) is 43.4 Å². The molecule has 160 valence electrons. The summed E-state index contributed by atoms with van der Waals surface area (Å²) in [5.74, 6) is 1.73. The Morgan fingerprint density at radius 1 is 1.12 bits per heavy atom. The normalized spacial score (nSPS) is 20.0. The highest BCUT2D eigenvalue weighted by Gasteiger charge is 2.22. The van der Waals surface area contributed by atoms with Gasteiger partial charge in [-0.3, -0.25) is 4.79 Å². The number of carbonyl (C=O) groups excluding carboxylic acids is 1. The van der Waals surface area contributed by atoms with Gasteiger partial charge in [-0.25, -0.2) is 0 Å². The molecule has 0 saturated heterocycles. The molecular formula is C22H51N3O. The molecule has 1 aliphatic carbocycles. The first kappa shape index (κ1) is 25.4. The fourth-order valence-electron chi connectivity index (χ4n) is 3.77. The molecule has 0 aromatic heterocycles. The minimum Gasteiger partial charge on any atom is -0.355 e. The molecule has 0 unspecified atom stereocenters. The van der Waals surface area contributed by atoms with Crippen LogP contribution in [0, 0.1) is 11.8 Å². The summed E-state index contributed by atoms with van der Waals surface area (Å²) in [5, 5.41) is 6.48. The second-order valence-corrected chi connectivity index (χ2v) is 8.12. The Morgan fingerprint density at radius 3 is 2.35 bits per heavy atom. The molecule has 4 nitrogen and oxygen atoms in total. The highest BCUT2D eigenvalue weighted by atomic mass is 16.1. The average molecular weight is 374 g/mol. The van der Waals surface area contributed by atoms with Crippen LogP contribution in [0.5, 0.6) is 0 Å². The minimum absolute atomic E-state index is 0. The van der Waals surface area contributed by atoms with E-state index >= 15 is 0 Å². The molecule has 0 aromatic rings. The van der Waals surface area contributed by atoms with Crippen LogP contribution in [0.2, 0.25) is 0 Å². The van der Waals surface area contributed by atoms with Crippen molar-refractivity contribution < 1.29 is 7.65 Å². The second-order valence-electron chi connectivity index (χ2n) is 8.12. The summed E-state index contributed by atoms with van der Waals surface area (Å²) in [5.41, 5.74) is 0. The molecule has 0 bridgehead atoms. The maximum atomic E-state index is 11.9. The van der Waals surface area contributed by atoms with Crippen molar-refractivity contribution in [1.82, 2.24) is 15.5 Å². The number of rotatable bonds is 12. The zero-order valence-electron chi connectivity index (χ0n) is 18.6. The Labute approximate surface area is 166 Å². The van der Waals surface area contributed by atoms with Gasteiger partial charge in [-0.05, 0) is 51.0 Å².